The average molecular weight is 316 g/mol. The number of rotatable bonds is 9. The number of hydrogen-bond donors (Lipinski definition) is 2. The molecule has 0 saturated heterocycles. The fourth-order valence-electron chi connectivity index (χ4n) is 1.42. The van der Waals surface area contributed by atoms with Crippen LogP contribution >= 0.6 is 0 Å². The lowest BCUT2D eigenvalue weighted by molar-refractivity contribution is 0.0505. The number of ether oxygens (including phenoxy) is 2. The smallest absolute Gasteiger partial charge is 0.338 e. The normalized spacial score (nSPS) is 11.1. The number of carbonyl (C=O) groups is 1. The third kappa shape index (κ3) is 6.56. The summed E-state index contributed by atoms with van der Waals surface area (Å²) in [6, 6.07) is 6.01. The molecule has 0 amide bonds. The summed E-state index contributed by atoms with van der Waals surface area (Å²) in [5.74, 6) is -0.426. The van der Waals surface area contributed by atoms with Crippen LogP contribution in [0, 0.1) is 0 Å². The largest absolute Gasteiger partial charge is 0.462 e. The minimum atomic E-state index is -3.65. The summed E-state index contributed by atoms with van der Waals surface area (Å²) >= 11 is 0. The second kappa shape index (κ2) is 8.60. The van der Waals surface area contributed by atoms with Gasteiger partial charge in [-0.1, -0.05) is 6.92 Å². The highest BCUT2D eigenvalue weighted by molar-refractivity contribution is 7.90. The molecular formula is C13H20N2O5S. The molecular weight excluding hydrogens is 296 g/mol. The average Bonchev–Trinajstić information content (AvgIpc) is 2.45. The summed E-state index contributed by atoms with van der Waals surface area (Å²) in [6.07, 6.45) is 0.747. The van der Waals surface area contributed by atoms with E-state index in [-0.39, 0.29) is 13.2 Å². The van der Waals surface area contributed by atoms with Crippen LogP contribution in [0.2, 0.25) is 0 Å². The first-order valence-electron chi connectivity index (χ1n) is 6.52. The van der Waals surface area contributed by atoms with E-state index < -0.39 is 16.2 Å². The molecule has 0 heterocycles. The van der Waals surface area contributed by atoms with Crippen LogP contribution in [0.3, 0.4) is 0 Å². The lowest BCUT2D eigenvalue weighted by Crippen LogP contribution is -2.32. The molecule has 0 spiro atoms. The lowest BCUT2D eigenvalue weighted by Gasteiger charge is -2.09. The molecule has 0 bridgehead atoms. The van der Waals surface area contributed by atoms with Gasteiger partial charge in [0.1, 0.15) is 0 Å². The van der Waals surface area contributed by atoms with Crippen molar-refractivity contribution in [3.63, 3.8) is 0 Å². The van der Waals surface area contributed by atoms with Crippen LogP contribution in [0.25, 0.3) is 0 Å². The zero-order valence-electron chi connectivity index (χ0n) is 12.1. The predicted octanol–water partition coefficient (Wildman–Crippen LogP) is 1.15. The molecule has 8 heteroatoms. The molecule has 0 saturated carbocycles. The van der Waals surface area contributed by atoms with E-state index in [1.807, 2.05) is 6.92 Å². The number of hydrogen-bond acceptors (Lipinski definition) is 5. The van der Waals surface area contributed by atoms with Gasteiger partial charge in [-0.25, -0.2) is 4.79 Å². The van der Waals surface area contributed by atoms with E-state index in [1.54, 1.807) is 0 Å². The van der Waals surface area contributed by atoms with Gasteiger partial charge in [0.25, 0.3) is 10.2 Å². The van der Waals surface area contributed by atoms with E-state index in [2.05, 4.69) is 9.44 Å². The van der Waals surface area contributed by atoms with Gasteiger partial charge in [0, 0.05) is 19.3 Å². The molecule has 0 fully saturated rings. The van der Waals surface area contributed by atoms with E-state index in [9.17, 15) is 13.2 Å². The standard InChI is InChI=1S/C13H20N2O5S/c1-3-9-20-13(16)11-4-6-12(7-5-11)15-21(17,18)14-8-10-19-2/h4-7,14-15H,3,8-10H2,1-2H3. The Balaban J connectivity index is 2.60. The summed E-state index contributed by atoms with van der Waals surface area (Å²) in [4.78, 5) is 11.6. The highest BCUT2D eigenvalue weighted by Gasteiger charge is 2.10. The maximum Gasteiger partial charge on any atom is 0.338 e. The molecule has 0 aliphatic carbocycles. The number of carbonyl (C=O) groups excluding carboxylic acids is 1. The van der Waals surface area contributed by atoms with E-state index in [4.69, 9.17) is 9.47 Å². The summed E-state index contributed by atoms with van der Waals surface area (Å²) < 4.78 is 37.7. The summed E-state index contributed by atoms with van der Waals surface area (Å²) in [5, 5.41) is 0. The Morgan fingerprint density at radius 1 is 1.19 bits per heavy atom. The first-order chi connectivity index (χ1) is 9.98. The second-order valence-corrected chi connectivity index (χ2v) is 5.71. The Morgan fingerprint density at radius 3 is 2.43 bits per heavy atom. The van der Waals surface area contributed by atoms with Crippen LogP contribution in [0.1, 0.15) is 23.7 Å². The van der Waals surface area contributed by atoms with Crippen molar-refractivity contribution < 1.29 is 22.7 Å². The Morgan fingerprint density at radius 2 is 1.86 bits per heavy atom. The Hall–Kier alpha value is -1.64. The minimum absolute atomic E-state index is 0.174. The van der Waals surface area contributed by atoms with Crippen LogP contribution in [0.4, 0.5) is 5.69 Å². The van der Waals surface area contributed by atoms with Gasteiger partial charge in [0.15, 0.2) is 0 Å². The maximum atomic E-state index is 11.7. The van der Waals surface area contributed by atoms with Crippen molar-refractivity contribution in [3.8, 4) is 0 Å². The quantitative estimate of drug-likeness (QED) is 0.526. The highest BCUT2D eigenvalue weighted by atomic mass is 32.2. The van der Waals surface area contributed by atoms with Crippen molar-refractivity contribution in [2.24, 2.45) is 0 Å². The molecule has 21 heavy (non-hydrogen) atoms. The topological polar surface area (TPSA) is 93.7 Å². The molecule has 7 nitrogen and oxygen atoms in total. The molecule has 2 N–H and O–H groups in total. The first-order valence-corrected chi connectivity index (χ1v) is 8.00. The van der Waals surface area contributed by atoms with Crippen molar-refractivity contribution in [2.75, 3.05) is 31.6 Å². The first kappa shape index (κ1) is 17.4. The van der Waals surface area contributed by atoms with Crippen LogP contribution in [0.5, 0.6) is 0 Å². The third-order valence-electron chi connectivity index (χ3n) is 2.41. The molecule has 0 aliphatic rings. The number of esters is 1. The summed E-state index contributed by atoms with van der Waals surface area (Å²) in [7, 11) is -2.17. The molecule has 1 aromatic rings. The second-order valence-electron chi connectivity index (χ2n) is 4.21. The van der Waals surface area contributed by atoms with Crippen LogP contribution in [-0.4, -0.2) is 41.3 Å². The summed E-state index contributed by atoms with van der Waals surface area (Å²) in [6.45, 7) is 2.72. The summed E-state index contributed by atoms with van der Waals surface area (Å²) in [5.41, 5.74) is 0.727. The van der Waals surface area contributed by atoms with E-state index in [0.29, 0.717) is 17.9 Å². The van der Waals surface area contributed by atoms with Crippen molar-refractivity contribution in [3.05, 3.63) is 29.8 Å². The maximum absolute atomic E-state index is 11.7. The monoisotopic (exact) mass is 316 g/mol. The van der Waals surface area contributed by atoms with Crippen LogP contribution in [-0.2, 0) is 19.7 Å². The van der Waals surface area contributed by atoms with E-state index in [1.165, 1.54) is 31.4 Å². The number of nitrogens with one attached hydrogen (secondary N) is 2. The number of benzene rings is 1. The molecule has 0 radical (unpaired) electrons. The molecule has 0 aromatic heterocycles. The van der Waals surface area contributed by atoms with Crippen molar-refractivity contribution >= 4 is 21.9 Å². The van der Waals surface area contributed by atoms with Gasteiger partial charge >= 0.3 is 5.97 Å². The zero-order chi connectivity index (χ0) is 15.7. The lowest BCUT2D eigenvalue weighted by atomic mass is 10.2. The van der Waals surface area contributed by atoms with Gasteiger partial charge in [0.05, 0.1) is 18.8 Å². The number of anilines is 1. The molecule has 1 aromatic carbocycles. The van der Waals surface area contributed by atoms with E-state index in [0.717, 1.165) is 6.42 Å². The molecule has 1 rings (SSSR count). The Bertz CT molecular complexity index is 542. The van der Waals surface area contributed by atoms with Crippen LogP contribution in [0.15, 0.2) is 24.3 Å². The van der Waals surface area contributed by atoms with Gasteiger partial charge in [0.2, 0.25) is 0 Å². The van der Waals surface area contributed by atoms with Crippen molar-refractivity contribution in [1.82, 2.24) is 4.72 Å². The van der Waals surface area contributed by atoms with Gasteiger partial charge in [-0.15, -0.1) is 0 Å². The van der Waals surface area contributed by atoms with Crippen LogP contribution < -0.4 is 9.44 Å². The predicted molar refractivity (Wildman–Crippen MR) is 79.4 cm³/mol. The fraction of sp³-hybridized carbons (Fsp3) is 0.462. The van der Waals surface area contributed by atoms with Crippen molar-refractivity contribution in [1.29, 1.82) is 0 Å². The fourth-order valence-corrected chi connectivity index (χ4v) is 2.29. The van der Waals surface area contributed by atoms with Gasteiger partial charge < -0.3 is 9.47 Å². The molecule has 118 valence electrons. The SMILES string of the molecule is CCCOC(=O)c1ccc(NS(=O)(=O)NCCOC)cc1. The van der Waals surface area contributed by atoms with Gasteiger partial charge in [-0.05, 0) is 30.7 Å². The Kier molecular flexibility index (Phi) is 7.13. The molecule has 0 atom stereocenters. The van der Waals surface area contributed by atoms with E-state index >= 15 is 0 Å². The zero-order valence-corrected chi connectivity index (χ0v) is 12.9. The third-order valence-corrected chi connectivity index (χ3v) is 3.50. The van der Waals surface area contributed by atoms with Gasteiger partial charge in [-0.2, -0.15) is 13.1 Å². The van der Waals surface area contributed by atoms with Gasteiger partial charge in [-0.3, -0.25) is 4.72 Å². The molecule has 0 aliphatic heterocycles. The molecule has 0 unspecified atom stereocenters. The number of methoxy groups -OCH3 is 1. The minimum Gasteiger partial charge on any atom is -0.462 e. The van der Waals surface area contributed by atoms with Crippen molar-refractivity contribution in [2.45, 2.75) is 13.3 Å². The highest BCUT2D eigenvalue weighted by Crippen LogP contribution is 2.11. The Labute approximate surface area is 124 Å².